The van der Waals surface area contributed by atoms with Crippen molar-refractivity contribution in [2.24, 2.45) is 5.73 Å². The molecule has 1 aromatic carbocycles. The van der Waals surface area contributed by atoms with E-state index in [0.29, 0.717) is 17.2 Å². The fourth-order valence-corrected chi connectivity index (χ4v) is 5.01. The summed E-state index contributed by atoms with van der Waals surface area (Å²) >= 11 is 0. The van der Waals surface area contributed by atoms with Gasteiger partial charge in [0, 0.05) is 24.7 Å². The van der Waals surface area contributed by atoms with E-state index in [0.717, 1.165) is 16.5 Å². The molecule has 7 nitrogen and oxygen atoms in total. The number of hydrogen-bond acceptors (Lipinski definition) is 6. The smallest absolute Gasteiger partial charge is 0.394 e. The zero-order valence-electron chi connectivity index (χ0n) is 21.2. The van der Waals surface area contributed by atoms with Gasteiger partial charge in [0.25, 0.3) is 0 Å². The van der Waals surface area contributed by atoms with Crippen molar-refractivity contribution < 1.29 is 18.3 Å². The Bertz CT molecular complexity index is 1440. The summed E-state index contributed by atoms with van der Waals surface area (Å²) in [5, 5.41) is 19.0. The van der Waals surface area contributed by atoms with E-state index in [1.54, 1.807) is 4.40 Å². The van der Waals surface area contributed by atoms with Gasteiger partial charge in [-0.25, -0.2) is 4.98 Å². The van der Waals surface area contributed by atoms with Crippen molar-refractivity contribution in [1.82, 2.24) is 24.5 Å². The van der Waals surface area contributed by atoms with Crippen molar-refractivity contribution in [3.05, 3.63) is 59.8 Å². The maximum absolute atomic E-state index is 14.3. The lowest BCUT2D eigenvalue weighted by atomic mass is 9.85. The van der Waals surface area contributed by atoms with E-state index in [-0.39, 0.29) is 61.9 Å². The highest BCUT2D eigenvalue weighted by molar-refractivity contribution is 5.86. The van der Waals surface area contributed by atoms with E-state index in [2.05, 4.69) is 31.0 Å². The van der Waals surface area contributed by atoms with Crippen LogP contribution in [-0.4, -0.2) is 61.0 Å². The molecule has 1 aliphatic rings. The maximum Gasteiger partial charge on any atom is 0.408 e. The van der Waals surface area contributed by atoms with Gasteiger partial charge in [-0.2, -0.15) is 13.2 Å². The molecule has 0 bridgehead atoms. The molecule has 0 unspecified atom stereocenters. The lowest BCUT2D eigenvalue weighted by molar-refractivity contribution is -0.184. The zero-order chi connectivity index (χ0) is 25.9. The molecule has 38 heavy (non-hydrogen) atoms. The first kappa shape index (κ1) is 30.0. The Morgan fingerprint density at radius 2 is 1.79 bits per heavy atom. The molecular weight excluding hydrogens is 540 g/mol. The van der Waals surface area contributed by atoms with Crippen LogP contribution in [0.3, 0.4) is 0 Å². The number of aliphatic hydroxyl groups is 1. The van der Waals surface area contributed by atoms with Gasteiger partial charge in [0.15, 0.2) is 11.5 Å². The van der Waals surface area contributed by atoms with E-state index in [1.165, 1.54) is 23.2 Å². The fourth-order valence-electron chi connectivity index (χ4n) is 5.01. The van der Waals surface area contributed by atoms with Gasteiger partial charge >= 0.3 is 6.18 Å². The van der Waals surface area contributed by atoms with Crippen LogP contribution in [0.5, 0.6) is 0 Å². The molecule has 0 saturated carbocycles. The second kappa shape index (κ2) is 10.6. The van der Waals surface area contributed by atoms with Crippen molar-refractivity contribution in [3.8, 4) is 11.5 Å². The summed E-state index contributed by atoms with van der Waals surface area (Å²) in [6.07, 6.45) is -2.82. The van der Waals surface area contributed by atoms with Gasteiger partial charge in [0.05, 0.1) is 17.7 Å². The van der Waals surface area contributed by atoms with Crippen molar-refractivity contribution in [3.63, 3.8) is 0 Å². The number of hydrogen-bond donors (Lipinski definition) is 2. The second-order valence-electron chi connectivity index (χ2n) is 10.7. The molecule has 206 valence electrons. The summed E-state index contributed by atoms with van der Waals surface area (Å²) < 4.78 is 44.4. The number of aliphatic hydroxyl groups excluding tert-OH is 1. The number of benzene rings is 1. The molecule has 4 aromatic rings. The van der Waals surface area contributed by atoms with Gasteiger partial charge in [-0.15, -0.1) is 35.0 Å². The molecular formula is C26H31Cl2F3N6O. The Hall–Kier alpha value is -2.50. The lowest BCUT2D eigenvalue weighted by Gasteiger charge is -2.31. The van der Waals surface area contributed by atoms with Crippen LogP contribution < -0.4 is 5.73 Å². The first-order chi connectivity index (χ1) is 16.9. The summed E-state index contributed by atoms with van der Waals surface area (Å²) in [5.74, 6) is 0.364. The summed E-state index contributed by atoms with van der Waals surface area (Å²) in [6.45, 7) is 6.04. The summed E-state index contributed by atoms with van der Waals surface area (Å²) in [6, 6.07) is 10.8. The van der Waals surface area contributed by atoms with Gasteiger partial charge in [-0.3, -0.25) is 9.30 Å². The van der Waals surface area contributed by atoms with Gasteiger partial charge in [0.1, 0.15) is 11.7 Å². The molecule has 1 saturated heterocycles. The van der Waals surface area contributed by atoms with Crippen LogP contribution in [0.4, 0.5) is 13.2 Å². The SMILES string of the molecule is CC(C)(C)c1cccc2ccc(-c3nnc4ccc([C@@H](N5CC[C@@](N)(CO)C5)C(F)(F)F)cn34)nc12.Cl.Cl. The Morgan fingerprint density at radius 3 is 2.42 bits per heavy atom. The molecule has 3 aromatic heterocycles. The third-order valence-electron chi connectivity index (χ3n) is 6.90. The quantitative estimate of drug-likeness (QED) is 0.355. The number of halogens is 5. The first-order valence-corrected chi connectivity index (χ1v) is 11.9. The van der Waals surface area contributed by atoms with E-state index in [9.17, 15) is 18.3 Å². The Balaban J connectivity index is 0.00000200. The number of likely N-dealkylation sites (tertiary alicyclic amines) is 1. The molecule has 0 amide bonds. The van der Waals surface area contributed by atoms with Crippen LogP contribution in [-0.2, 0) is 5.41 Å². The Labute approximate surface area is 231 Å². The third kappa shape index (κ3) is 5.46. The molecule has 12 heteroatoms. The minimum Gasteiger partial charge on any atom is -0.394 e. The van der Waals surface area contributed by atoms with Crippen LogP contribution >= 0.6 is 24.8 Å². The zero-order valence-corrected chi connectivity index (χ0v) is 22.9. The van der Waals surface area contributed by atoms with Gasteiger partial charge < -0.3 is 10.8 Å². The monoisotopic (exact) mass is 570 g/mol. The van der Waals surface area contributed by atoms with Crippen LogP contribution in [0.2, 0.25) is 0 Å². The van der Waals surface area contributed by atoms with Crippen LogP contribution in [0, 0.1) is 0 Å². The second-order valence-corrected chi connectivity index (χ2v) is 10.7. The summed E-state index contributed by atoms with van der Waals surface area (Å²) in [4.78, 5) is 6.15. The number of pyridine rings is 2. The number of nitrogens with two attached hydrogens (primary N) is 1. The van der Waals surface area contributed by atoms with Crippen molar-refractivity contribution >= 4 is 41.4 Å². The molecule has 0 spiro atoms. The van der Waals surface area contributed by atoms with E-state index in [1.807, 2.05) is 30.3 Å². The number of fused-ring (bicyclic) bond motifs is 2. The van der Waals surface area contributed by atoms with E-state index in [4.69, 9.17) is 10.7 Å². The minimum absolute atomic E-state index is 0. The van der Waals surface area contributed by atoms with Gasteiger partial charge in [-0.1, -0.05) is 51.1 Å². The highest BCUT2D eigenvalue weighted by Gasteiger charge is 2.49. The predicted octanol–water partition coefficient (Wildman–Crippen LogP) is 5.08. The molecule has 2 atom stereocenters. The lowest BCUT2D eigenvalue weighted by Crippen LogP contribution is -2.48. The third-order valence-corrected chi connectivity index (χ3v) is 6.90. The van der Waals surface area contributed by atoms with Crippen molar-refractivity contribution in [2.45, 2.75) is 50.4 Å². The highest BCUT2D eigenvalue weighted by Crippen LogP contribution is 2.41. The number of alkyl halides is 3. The maximum atomic E-state index is 14.3. The Kier molecular flexibility index (Phi) is 8.36. The Morgan fingerprint density at radius 1 is 1.05 bits per heavy atom. The summed E-state index contributed by atoms with van der Waals surface area (Å²) in [7, 11) is 0. The molecule has 1 fully saturated rings. The molecule has 5 rings (SSSR count). The molecule has 1 aliphatic heterocycles. The van der Waals surface area contributed by atoms with Crippen LogP contribution in [0.15, 0.2) is 48.7 Å². The average Bonchev–Trinajstić information content (AvgIpc) is 3.41. The topological polar surface area (TPSA) is 92.6 Å². The van der Waals surface area contributed by atoms with Crippen molar-refractivity contribution in [1.29, 1.82) is 0 Å². The normalized spacial score (nSPS) is 19.4. The van der Waals surface area contributed by atoms with Crippen LogP contribution in [0.25, 0.3) is 28.1 Å². The van der Waals surface area contributed by atoms with Crippen molar-refractivity contribution in [2.75, 3.05) is 19.7 Å². The number of aromatic nitrogens is 4. The van der Waals surface area contributed by atoms with E-state index < -0.39 is 17.8 Å². The standard InChI is InChI=1S/C26H29F3N6O.2ClH/c1-24(2,3)18-6-4-5-16-7-9-19(31-21(16)18)23-33-32-20-10-8-17(13-35(20)23)22(26(27,28)29)34-12-11-25(30,14-34)15-36;;/h4-10,13,22,36H,11-12,14-15,30H2,1-3H3;2*1H/t22-,25+;;/m1../s1. The largest absolute Gasteiger partial charge is 0.408 e. The predicted molar refractivity (Wildman–Crippen MR) is 146 cm³/mol. The summed E-state index contributed by atoms with van der Waals surface area (Å²) in [5.41, 5.74) is 7.77. The fraction of sp³-hybridized carbons (Fsp3) is 0.423. The highest BCUT2D eigenvalue weighted by atomic mass is 35.5. The van der Waals surface area contributed by atoms with Crippen LogP contribution in [0.1, 0.15) is 44.4 Å². The number of para-hydroxylation sites is 1. The van der Waals surface area contributed by atoms with Gasteiger partial charge in [-0.05, 0) is 35.1 Å². The number of nitrogens with zero attached hydrogens (tertiary/aromatic N) is 5. The van der Waals surface area contributed by atoms with Gasteiger partial charge in [0.2, 0.25) is 0 Å². The molecule has 4 heterocycles. The first-order valence-electron chi connectivity index (χ1n) is 11.9. The molecule has 3 N–H and O–H groups in total. The number of rotatable bonds is 4. The molecule has 0 aliphatic carbocycles. The molecule has 0 radical (unpaired) electrons. The average molecular weight is 571 g/mol. The minimum atomic E-state index is -4.54. The van der Waals surface area contributed by atoms with E-state index >= 15 is 0 Å².